The van der Waals surface area contributed by atoms with Crippen molar-refractivity contribution in [1.29, 1.82) is 0 Å². The molecule has 2 N–H and O–H groups in total. The minimum absolute atomic E-state index is 0.0640. The number of carbonyl (C=O) groups is 2. The van der Waals surface area contributed by atoms with Gasteiger partial charge in [-0.3, -0.25) is 0 Å². The van der Waals surface area contributed by atoms with Crippen LogP contribution in [0.4, 0.5) is 9.59 Å². The fraction of sp³-hybridized carbons (Fsp3) is 0.778. The van der Waals surface area contributed by atoms with Gasteiger partial charge in [0.1, 0.15) is 30.3 Å². The summed E-state index contributed by atoms with van der Waals surface area (Å²) in [7, 11) is 0. The standard InChI is InChI=1S/C36H62N4O8/c1-6-7-8-9-10-11-12-13-14-15-16-17-19-22-30-26-32(39-48-30)43-27-31(45-33-25-29(2)47-40-33)28-44-34(41)37-23-20-18-21-24-38-35(42)46-36(3,4)5/h25-26,31H,6-24,27-28H2,1-5H3,(H,37,41)(H,38,42). The summed E-state index contributed by atoms with van der Waals surface area (Å²) in [4.78, 5) is 24.0. The monoisotopic (exact) mass is 678 g/mol. The summed E-state index contributed by atoms with van der Waals surface area (Å²) < 4.78 is 32.8. The highest BCUT2D eigenvalue weighted by atomic mass is 16.6. The summed E-state index contributed by atoms with van der Waals surface area (Å²) in [5.74, 6) is 2.01. The van der Waals surface area contributed by atoms with Crippen molar-refractivity contribution in [2.24, 2.45) is 0 Å². The average molecular weight is 679 g/mol. The van der Waals surface area contributed by atoms with Gasteiger partial charge in [0.25, 0.3) is 11.8 Å². The number of carbonyl (C=O) groups excluding carboxylic acids is 2. The normalized spacial score (nSPS) is 12.0. The lowest BCUT2D eigenvalue weighted by Gasteiger charge is -2.19. The second-order valence-corrected chi connectivity index (χ2v) is 13.5. The van der Waals surface area contributed by atoms with Gasteiger partial charge in [0.2, 0.25) is 0 Å². The maximum absolute atomic E-state index is 12.3. The van der Waals surface area contributed by atoms with Gasteiger partial charge in [0, 0.05) is 31.6 Å². The molecule has 12 nitrogen and oxygen atoms in total. The number of rotatable bonds is 27. The van der Waals surface area contributed by atoms with Crippen LogP contribution in [-0.2, 0) is 15.9 Å². The van der Waals surface area contributed by atoms with E-state index in [-0.39, 0.29) is 19.1 Å². The molecule has 0 saturated heterocycles. The molecular formula is C36H62N4O8. The number of nitrogens with one attached hydrogen (secondary N) is 2. The number of aryl methyl sites for hydroxylation is 2. The predicted molar refractivity (Wildman–Crippen MR) is 184 cm³/mol. The first-order valence-electron chi connectivity index (χ1n) is 18.2. The molecule has 0 spiro atoms. The number of hydrogen-bond acceptors (Lipinski definition) is 10. The Kier molecular flexibility index (Phi) is 20.9. The maximum Gasteiger partial charge on any atom is 0.407 e. The Hall–Kier alpha value is -3.44. The molecule has 0 aromatic carbocycles. The van der Waals surface area contributed by atoms with E-state index < -0.39 is 23.9 Å². The number of amides is 2. The highest BCUT2D eigenvalue weighted by Gasteiger charge is 2.19. The van der Waals surface area contributed by atoms with Gasteiger partial charge >= 0.3 is 12.2 Å². The molecule has 2 amide bonds. The van der Waals surface area contributed by atoms with Crippen molar-refractivity contribution in [2.45, 2.75) is 155 Å². The molecule has 0 fully saturated rings. The highest BCUT2D eigenvalue weighted by molar-refractivity contribution is 5.67. The Labute approximate surface area is 287 Å². The molecule has 0 bridgehead atoms. The first-order valence-corrected chi connectivity index (χ1v) is 18.2. The van der Waals surface area contributed by atoms with Gasteiger partial charge in [0.05, 0.1) is 0 Å². The largest absolute Gasteiger partial charge is 0.471 e. The average Bonchev–Trinajstić information content (AvgIpc) is 3.67. The van der Waals surface area contributed by atoms with E-state index in [4.69, 9.17) is 28.0 Å². The van der Waals surface area contributed by atoms with Crippen molar-refractivity contribution in [3.8, 4) is 11.8 Å². The zero-order valence-corrected chi connectivity index (χ0v) is 30.2. The molecule has 2 rings (SSSR count). The molecule has 12 heteroatoms. The van der Waals surface area contributed by atoms with Gasteiger partial charge in [-0.15, -0.1) is 0 Å². The number of hydrogen-bond donors (Lipinski definition) is 2. The van der Waals surface area contributed by atoms with Crippen molar-refractivity contribution in [2.75, 3.05) is 26.3 Å². The van der Waals surface area contributed by atoms with Crippen LogP contribution < -0.4 is 20.1 Å². The molecule has 0 radical (unpaired) electrons. The molecule has 1 atom stereocenters. The Morgan fingerprint density at radius 1 is 0.729 bits per heavy atom. The zero-order valence-electron chi connectivity index (χ0n) is 30.2. The summed E-state index contributed by atoms with van der Waals surface area (Å²) in [6.45, 7) is 10.4. The Balaban J connectivity index is 1.60. The third kappa shape index (κ3) is 21.4. The van der Waals surface area contributed by atoms with Crippen LogP contribution >= 0.6 is 0 Å². The Morgan fingerprint density at radius 2 is 1.29 bits per heavy atom. The minimum Gasteiger partial charge on any atom is -0.471 e. The van der Waals surface area contributed by atoms with Crippen LogP contribution in [0.2, 0.25) is 0 Å². The molecule has 2 heterocycles. The van der Waals surface area contributed by atoms with Crippen molar-refractivity contribution in [3.63, 3.8) is 0 Å². The van der Waals surface area contributed by atoms with Crippen molar-refractivity contribution in [1.82, 2.24) is 20.9 Å². The van der Waals surface area contributed by atoms with Crippen LogP contribution in [0.1, 0.15) is 142 Å². The fourth-order valence-electron chi connectivity index (χ4n) is 5.00. The fourth-order valence-corrected chi connectivity index (χ4v) is 5.00. The van der Waals surface area contributed by atoms with Crippen LogP contribution in [-0.4, -0.2) is 60.5 Å². The van der Waals surface area contributed by atoms with Gasteiger partial charge in [0.15, 0.2) is 6.10 Å². The van der Waals surface area contributed by atoms with Crippen molar-refractivity contribution in [3.05, 3.63) is 23.7 Å². The number of unbranched alkanes of at least 4 members (excludes halogenated alkanes) is 14. The molecular weight excluding hydrogens is 616 g/mol. The van der Waals surface area contributed by atoms with E-state index in [2.05, 4.69) is 27.9 Å². The van der Waals surface area contributed by atoms with Gasteiger partial charge < -0.3 is 38.6 Å². The van der Waals surface area contributed by atoms with E-state index in [9.17, 15) is 9.59 Å². The molecule has 2 aromatic rings. The minimum atomic E-state index is -0.652. The van der Waals surface area contributed by atoms with E-state index >= 15 is 0 Å². The maximum atomic E-state index is 12.3. The molecule has 274 valence electrons. The van der Waals surface area contributed by atoms with E-state index in [0.717, 1.165) is 37.9 Å². The number of aromatic nitrogens is 2. The van der Waals surface area contributed by atoms with E-state index in [0.29, 0.717) is 24.7 Å². The second kappa shape index (κ2) is 24.7. The van der Waals surface area contributed by atoms with Crippen LogP contribution in [0.5, 0.6) is 11.8 Å². The van der Waals surface area contributed by atoms with Gasteiger partial charge in [-0.25, -0.2) is 9.59 Å². The molecule has 2 aromatic heterocycles. The Morgan fingerprint density at radius 3 is 1.88 bits per heavy atom. The van der Waals surface area contributed by atoms with Crippen LogP contribution in [0.15, 0.2) is 21.2 Å². The quantitative estimate of drug-likeness (QED) is 0.0878. The van der Waals surface area contributed by atoms with Crippen molar-refractivity contribution < 1.29 is 37.6 Å². The SMILES string of the molecule is CCCCCCCCCCCCCCCc1cc(OCC(COC(=O)NCCCCCNC(=O)OC(C)(C)C)Oc2cc(C)on2)no1. The molecule has 0 aliphatic carbocycles. The van der Waals surface area contributed by atoms with Crippen molar-refractivity contribution >= 4 is 12.2 Å². The van der Waals surface area contributed by atoms with Crippen LogP contribution in [0.25, 0.3) is 0 Å². The van der Waals surface area contributed by atoms with E-state index in [1.54, 1.807) is 19.1 Å². The summed E-state index contributed by atoms with van der Waals surface area (Å²) in [6, 6.07) is 3.45. The summed E-state index contributed by atoms with van der Waals surface area (Å²) in [5.41, 5.74) is -0.524. The lowest BCUT2D eigenvalue weighted by atomic mass is 10.0. The summed E-state index contributed by atoms with van der Waals surface area (Å²) >= 11 is 0. The van der Waals surface area contributed by atoms with Crippen LogP contribution in [0.3, 0.4) is 0 Å². The van der Waals surface area contributed by atoms with Gasteiger partial charge in [-0.2, -0.15) is 0 Å². The predicted octanol–water partition coefficient (Wildman–Crippen LogP) is 8.85. The first-order chi connectivity index (χ1) is 23.1. The summed E-state index contributed by atoms with van der Waals surface area (Å²) in [6.07, 6.45) is 18.6. The molecule has 0 aliphatic rings. The first kappa shape index (κ1) is 40.7. The zero-order chi connectivity index (χ0) is 34.9. The van der Waals surface area contributed by atoms with E-state index in [1.165, 1.54) is 77.0 Å². The number of ether oxygens (including phenoxy) is 4. The highest BCUT2D eigenvalue weighted by Crippen LogP contribution is 2.18. The Bertz CT molecular complexity index is 1110. The van der Waals surface area contributed by atoms with Gasteiger partial charge in [-0.1, -0.05) is 84.0 Å². The lowest BCUT2D eigenvalue weighted by Crippen LogP contribution is -2.34. The molecule has 48 heavy (non-hydrogen) atoms. The lowest BCUT2D eigenvalue weighted by molar-refractivity contribution is 0.0471. The molecule has 0 saturated carbocycles. The smallest absolute Gasteiger partial charge is 0.407 e. The van der Waals surface area contributed by atoms with E-state index in [1.807, 2.05) is 20.8 Å². The number of alkyl carbamates (subject to hydrolysis) is 2. The molecule has 0 aliphatic heterocycles. The van der Waals surface area contributed by atoms with Crippen LogP contribution in [0, 0.1) is 6.92 Å². The second-order valence-electron chi connectivity index (χ2n) is 13.5. The molecule has 1 unspecified atom stereocenters. The third-order valence-electron chi connectivity index (χ3n) is 7.57. The topological polar surface area (TPSA) is 147 Å². The van der Waals surface area contributed by atoms with Gasteiger partial charge in [-0.05, 0) is 63.7 Å². The number of nitrogens with zero attached hydrogens (tertiary/aromatic N) is 2. The third-order valence-corrected chi connectivity index (χ3v) is 7.57. The summed E-state index contributed by atoms with van der Waals surface area (Å²) in [5, 5.41) is 13.4.